The van der Waals surface area contributed by atoms with Gasteiger partial charge >= 0.3 is 12.0 Å². The van der Waals surface area contributed by atoms with Gasteiger partial charge in [-0.25, -0.2) is 14.6 Å². The Morgan fingerprint density at radius 2 is 2.22 bits per heavy atom. The Hall–Kier alpha value is -2.05. The van der Waals surface area contributed by atoms with Crippen molar-refractivity contribution in [1.29, 1.82) is 0 Å². The third-order valence-corrected chi connectivity index (χ3v) is 2.28. The number of imidazole rings is 1. The minimum absolute atomic E-state index is 0.191. The van der Waals surface area contributed by atoms with E-state index in [4.69, 9.17) is 5.11 Å². The number of hydrogen-bond acceptors (Lipinski definition) is 3. The number of carboxylic acids is 1. The van der Waals surface area contributed by atoms with Crippen molar-refractivity contribution < 1.29 is 14.7 Å². The second-order valence-corrected chi connectivity index (χ2v) is 4.38. The van der Waals surface area contributed by atoms with Crippen LogP contribution in [0.4, 0.5) is 4.79 Å². The molecule has 0 saturated heterocycles. The molecule has 1 unspecified atom stereocenters. The summed E-state index contributed by atoms with van der Waals surface area (Å²) in [5.74, 6) is -0.228. The van der Waals surface area contributed by atoms with Crippen LogP contribution in [0.5, 0.6) is 0 Å². The standard InChI is InChI=1S/C11H18N4O3/c1-7(2)5-8(10(16)17)15-11(18)14-6-9-12-3-4-13-9/h3-4,7-8H,5-6H2,1-2H3,(H,12,13)(H,16,17)(H2,14,15,18). The highest BCUT2D eigenvalue weighted by atomic mass is 16.4. The number of rotatable bonds is 6. The van der Waals surface area contributed by atoms with Crippen LogP contribution in [0.2, 0.25) is 0 Å². The fourth-order valence-electron chi connectivity index (χ4n) is 1.46. The number of carbonyl (C=O) groups is 2. The number of nitrogens with zero attached hydrogens (tertiary/aromatic N) is 1. The van der Waals surface area contributed by atoms with Gasteiger partial charge in [0.1, 0.15) is 11.9 Å². The van der Waals surface area contributed by atoms with E-state index >= 15 is 0 Å². The van der Waals surface area contributed by atoms with E-state index in [1.807, 2.05) is 13.8 Å². The van der Waals surface area contributed by atoms with E-state index < -0.39 is 18.0 Å². The number of H-pyrrole nitrogens is 1. The summed E-state index contributed by atoms with van der Waals surface area (Å²) in [6, 6.07) is -1.39. The van der Waals surface area contributed by atoms with Gasteiger partial charge in [0.25, 0.3) is 0 Å². The normalized spacial score (nSPS) is 12.2. The lowest BCUT2D eigenvalue weighted by molar-refractivity contribution is -0.139. The number of aromatic amines is 1. The average molecular weight is 254 g/mol. The van der Waals surface area contributed by atoms with Crippen LogP contribution in [0, 0.1) is 5.92 Å². The second-order valence-electron chi connectivity index (χ2n) is 4.38. The summed E-state index contributed by atoms with van der Waals surface area (Å²) < 4.78 is 0. The zero-order valence-corrected chi connectivity index (χ0v) is 10.4. The van der Waals surface area contributed by atoms with Gasteiger partial charge in [-0.3, -0.25) is 0 Å². The predicted octanol–water partition coefficient (Wildman–Crippen LogP) is 0.708. The minimum Gasteiger partial charge on any atom is -0.480 e. The highest BCUT2D eigenvalue weighted by Gasteiger charge is 2.20. The molecule has 1 aromatic rings. The van der Waals surface area contributed by atoms with Crippen LogP contribution in [0.3, 0.4) is 0 Å². The van der Waals surface area contributed by atoms with Gasteiger partial charge in [0.05, 0.1) is 6.54 Å². The Morgan fingerprint density at radius 1 is 1.50 bits per heavy atom. The smallest absolute Gasteiger partial charge is 0.326 e. The maximum atomic E-state index is 11.5. The van der Waals surface area contributed by atoms with Gasteiger partial charge in [0.15, 0.2) is 0 Å². The van der Waals surface area contributed by atoms with Gasteiger partial charge in [-0.05, 0) is 12.3 Å². The monoisotopic (exact) mass is 254 g/mol. The Kier molecular flexibility index (Phi) is 5.16. The first-order valence-electron chi connectivity index (χ1n) is 5.74. The highest BCUT2D eigenvalue weighted by Crippen LogP contribution is 2.04. The number of nitrogens with one attached hydrogen (secondary N) is 3. The Balaban J connectivity index is 2.39. The molecule has 0 aromatic carbocycles. The molecule has 100 valence electrons. The topological polar surface area (TPSA) is 107 Å². The van der Waals surface area contributed by atoms with Gasteiger partial charge in [-0.2, -0.15) is 0 Å². The Bertz CT molecular complexity index is 389. The molecule has 0 saturated carbocycles. The molecule has 2 amide bonds. The number of amides is 2. The van der Waals surface area contributed by atoms with Gasteiger partial charge in [-0.1, -0.05) is 13.8 Å². The van der Waals surface area contributed by atoms with Crippen LogP contribution < -0.4 is 10.6 Å². The van der Waals surface area contributed by atoms with Crippen LogP contribution in [-0.2, 0) is 11.3 Å². The van der Waals surface area contributed by atoms with Gasteiger partial charge in [0.2, 0.25) is 0 Å². The predicted molar refractivity (Wildman–Crippen MR) is 64.8 cm³/mol. The number of aliphatic carboxylic acids is 1. The third kappa shape index (κ3) is 4.86. The number of urea groups is 1. The van der Waals surface area contributed by atoms with Crippen molar-refractivity contribution in [3.05, 3.63) is 18.2 Å². The molecule has 0 aliphatic carbocycles. The van der Waals surface area contributed by atoms with Crippen molar-refractivity contribution in [2.45, 2.75) is 32.9 Å². The molecular weight excluding hydrogens is 236 g/mol. The largest absolute Gasteiger partial charge is 0.480 e. The van der Waals surface area contributed by atoms with E-state index in [9.17, 15) is 9.59 Å². The van der Waals surface area contributed by atoms with Gasteiger partial charge in [-0.15, -0.1) is 0 Å². The number of hydrogen-bond donors (Lipinski definition) is 4. The lowest BCUT2D eigenvalue weighted by Gasteiger charge is -2.16. The number of carboxylic acid groups (broad SMARTS) is 1. The molecule has 0 aliphatic rings. The van der Waals surface area contributed by atoms with Gasteiger partial charge in [0, 0.05) is 12.4 Å². The van der Waals surface area contributed by atoms with E-state index in [1.54, 1.807) is 12.4 Å². The van der Waals surface area contributed by atoms with Gasteiger partial charge < -0.3 is 20.7 Å². The minimum atomic E-state index is -1.03. The summed E-state index contributed by atoms with van der Waals surface area (Å²) in [4.78, 5) is 29.2. The first kappa shape index (κ1) is 14.0. The molecular formula is C11H18N4O3. The summed E-state index contributed by atoms with van der Waals surface area (Å²) in [6.07, 6.45) is 3.62. The quantitative estimate of drug-likeness (QED) is 0.599. The molecule has 0 aliphatic heterocycles. The summed E-state index contributed by atoms with van der Waals surface area (Å²) in [5.41, 5.74) is 0. The molecule has 0 spiro atoms. The lowest BCUT2D eigenvalue weighted by Crippen LogP contribution is -2.46. The van der Waals surface area contributed by atoms with Crippen molar-refractivity contribution in [2.75, 3.05) is 0 Å². The molecule has 1 heterocycles. The first-order chi connectivity index (χ1) is 8.49. The molecule has 0 radical (unpaired) electrons. The molecule has 1 rings (SSSR count). The molecule has 4 N–H and O–H groups in total. The van der Waals surface area contributed by atoms with Crippen LogP contribution in [0.25, 0.3) is 0 Å². The summed E-state index contributed by atoms with van der Waals surface area (Å²) >= 11 is 0. The summed E-state index contributed by atoms with van der Waals surface area (Å²) in [6.45, 7) is 4.03. The number of aromatic nitrogens is 2. The maximum absolute atomic E-state index is 11.5. The molecule has 0 bridgehead atoms. The number of carbonyl (C=O) groups excluding carboxylic acids is 1. The summed E-state index contributed by atoms with van der Waals surface area (Å²) in [5, 5.41) is 13.9. The lowest BCUT2D eigenvalue weighted by atomic mass is 10.0. The molecule has 7 heteroatoms. The van der Waals surface area contributed by atoms with Crippen LogP contribution in [0.15, 0.2) is 12.4 Å². The fraction of sp³-hybridized carbons (Fsp3) is 0.545. The van der Waals surface area contributed by atoms with E-state index in [2.05, 4.69) is 20.6 Å². The van der Waals surface area contributed by atoms with Crippen molar-refractivity contribution in [3.63, 3.8) is 0 Å². The fourth-order valence-corrected chi connectivity index (χ4v) is 1.46. The Labute approximate surface area is 105 Å². The zero-order valence-electron chi connectivity index (χ0n) is 10.4. The van der Waals surface area contributed by atoms with E-state index in [0.29, 0.717) is 12.2 Å². The van der Waals surface area contributed by atoms with Crippen LogP contribution in [-0.4, -0.2) is 33.1 Å². The molecule has 18 heavy (non-hydrogen) atoms. The molecule has 7 nitrogen and oxygen atoms in total. The highest BCUT2D eigenvalue weighted by molar-refractivity contribution is 5.82. The maximum Gasteiger partial charge on any atom is 0.326 e. The second kappa shape index (κ2) is 6.63. The summed E-state index contributed by atoms with van der Waals surface area (Å²) in [7, 11) is 0. The van der Waals surface area contributed by atoms with Crippen LogP contribution in [0.1, 0.15) is 26.1 Å². The average Bonchev–Trinajstić information content (AvgIpc) is 2.77. The Morgan fingerprint density at radius 3 is 2.72 bits per heavy atom. The van der Waals surface area contributed by atoms with E-state index in [1.165, 1.54) is 0 Å². The molecule has 1 aromatic heterocycles. The van der Waals surface area contributed by atoms with Crippen molar-refractivity contribution in [2.24, 2.45) is 5.92 Å². The SMILES string of the molecule is CC(C)CC(NC(=O)NCc1ncc[nH]1)C(=O)O. The molecule has 1 atom stereocenters. The van der Waals surface area contributed by atoms with Crippen molar-refractivity contribution in [3.8, 4) is 0 Å². The van der Waals surface area contributed by atoms with Crippen molar-refractivity contribution >= 4 is 12.0 Å². The van der Waals surface area contributed by atoms with Crippen molar-refractivity contribution in [1.82, 2.24) is 20.6 Å². The first-order valence-corrected chi connectivity index (χ1v) is 5.74. The van der Waals surface area contributed by atoms with E-state index in [0.717, 1.165) is 0 Å². The molecule has 0 fully saturated rings. The zero-order chi connectivity index (χ0) is 13.5. The van der Waals surface area contributed by atoms with Crippen LogP contribution >= 0.6 is 0 Å². The third-order valence-electron chi connectivity index (χ3n) is 2.28. The van der Waals surface area contributed by atoms with E-state index in [-0.39, 0.29) is 12.5 Å².